The van der Waals surface area contributed by atoms with Gasteiger partial charge in [-0.3, -0.25) is 4.79 Å². The molecule has 3 atom stereocenters. The van der Waals surface area contributed by atoms with Gasteiger partial charge in [0.05, 0.1) is 12.0 Å². The smallest absolute Gasteiger partial charge is 0.315 e. The van der Waals surface area contributed by atoms with Crippen molar-refractivity contribution < 1.29 is 14.7 Å². The molecule has 1 fully saturated rings. The Hall–Kier alpha value is -1.52. The topological polar surface area (TPSA) is 78.4 Å². The minimum Gasteiger partial charge on any atom is -0.481 e. The Morgan fingerprint density at radius 1 is 1.26 bits per heavy atom. The highest BCUT2D eigenvalue weighted by Crippen LogP contribution is 2.36. The van der Waals surface area contributed by atoms with Crippen molar-refractivity contribution in [1.82, 2.24) is 10.6 Å². The van der Waals surface area contributed by atoms with Gasteiger partial charge in [-0.2, -0.15) is 0 Å². The van der Waals surface area contributed by atoms with Crippen molar-refractivity contribution in [3.8, 4) is 0 Å². The van der Waals surface area contributed by atoms with E-state index in [0.717, 1.165) is 19.3 Å². The average molecular weight is 266 g/mol. The molecule has 2 rings (SSSR count). The van der Waals surface area contributed by atoms with E-state index in [2.05, 4.69) is 24.5 Å². The molecule has 2 aliphatic rings. The third-order valence-electron chi connectivity index (χ3n) is 4.02. The second-order valence-electron chi connectivity index (χ2n) is 6.39. The van der Waals surface area contributed by atoms with E-state index in [1.165, 1.54) is 0 Å². The van der Waals surface area contributed by atoms with E-state index in [0.29, 0.717) is 11.8 Å². The normalized spacial score (nSPS) is 32.2. The number of rotatable bonds is 3. The van der Waals surface area contributed by atoms with Gasteiger partial charge in [0.2, 0.25) is 0 Å². The van der Waals surface area contributed by atoms with Crippen molar-refractivity contribution in [1.29, 1.82) is 0 Å². The first kappa shape index (κ1) is 13.9. The van der Waals surface area contributed by atoms with Crippen molar-refractivity contribution in [3.05, 3.63) is 12.2 Å². The van der Waals surface area contributed by atoms with Crippen LogP contribution in [-0.2, 0) is 4.79 Å². The molecule has 0 saturated heterocycles. The zero-order chi connectivity index (χ0) is 14.0. The molecular weight excluding hydrogens is 244 g/mol. The summed E-state index contributed by atoms with van der Waals surface area (Å²) in [5, 5.41) is 14.7. The largest absolute Gasteiger partial charge is 0.481 e. The SMILES string of the molecule is CC1(C)CCC(NC(=O)NC2C=CC(C(=O)O)C2)C1. The van der Waals surface area contributed by atoms with Crippen LogP contribution in [0.3, 0.4) is 0 Å². The number of carboxylic acid groups (broad SMARTS) is 1. The fourth-order valence-electron chi connectivity index (χ4n) is 2.94. The fraction of sp³-hybridized carbons (Fsp3) is 0.714. The van der Waals surface area contributed by atoms with Crippen LogP contribution in [0.25, 0.3) is 0 Å². The Kier molecular flexibility index (Phi) is 3.83. The number of amides is 2. The lowest BCUT2D eigenvalue weighted by Crippen LogP contribution is -2.45. The van der Waals surface area contributed by atoms with E-state index in [9.17, 15) is 9.59 Å². The van der Waals surface area contributed by atoms with Gasteiger partial charge >= 0.3 is 12.0 Å². The molecule has 0 radical (unpaired) electrons. The van der Waals surface area contributed by atoms with Crippen LogP contribution in [0.4, 0.5) is 4.79 Å². The third kappa shape index (κ3) is 3.72. The summed E-state index contributed by atoms with van der Waals surface area (Å²) in [6.07, 6.45) is 6.99. The summed E-state index contributed by atoms with van der Waals surface area (Å²) in [4.78, 5) is 22.6. The molecule has 0 spiro atoms. The highest BCUT2D eigenvalue weighted by molar-refractivity contribution is 5.76. The number of carbonyl (C=O) groups is 2. The van der Waals surface area contributed by atoms with Gasteiger partial charge in [-0.25, -0.2) is 4.79 Å². The lowest BCUT2D eigenvalue weighted by molar-refractivity contribution is -0.140. The van der Waals surface area contributed by atoms with E-state index >= 15 is 0 Å². The second kappa shape index (κ2) is 5.23. The number of aliphatic carboxylic acids is 1. The molecule has 0 aromatic carbocycles. The van der Waals surface area contributed by atoms with Crippen LogP contribution in [0.5, 0.6) is 0 Å². The van der Waals surface area contributed by atoms with E-state index in [1.54, 1.807) is 12.2 Å². The number of carboxylic acids is 1. The van der Waals surface area contributed by atoms with Crippen LogP contribution in [-0.4, -0.2) is 29.2 Å². The highest BCUT2D eigenvalue weighted by atomic mass is 16.4. The fourth-order valence-corrected chi connectivity index (χ4v) is 2.94. The Morgan fingerprint density at radius 2 is 2.00 bits per heavy atom. The van der Waals surface area contributed by atoms with Crippen molar-refractivity contribution in [2.75, 3.05) is 0 Å². The minimum absolute atomic E-state index is 0.171. The van der Waals surface area contributed by atoms with E-state index < -0.39 is 11.9 Å². The van der Waals surface area contributed by atoms with Gasteiger partial charge in [-0.1, -0.05) is 26.0 Å². The van der Waals surface area contributed by atoms with Crippen molar-refractivity contribution in [2.45, 2.75) is 51.6 Å². The van der Waals surface area contributed by atoms with Crippen LogP contribution in [0, 0.1) is 11.3 Å². The van der Waals surface area contributed by atoms with Crippen LogP contribution in [0.1, 0.15) is 39.5 Å². The summed E-state index contributed by atoms with van der Waals surface area (Å²) in [6, 6.07) is -0.130. The zero-order valence-electron chi connectivity index (χ0n) is 11.5. The molecule has 5 heteroatoms. The maximum absolute atomic E-state index is 11.8. The molecule has 0 aromatic rings. The summed E-state index contributed by atoms with van der Waals surface area (Å²) in [6.45, 7) is 4.42. The molecule has 0 heterocycles. The van der Waals surface area contributed by atoms with Gasteiger partial charge in [0.15, 0.2) is 0 Å². The van der Waals surface area contributed by atoms with Crippen molar-refractivity contribution >= 4 is 12.0 Å². The molecule has 2 aliphatic carbocycles. The molecule has 1 saturated carbocycles. The average Bonchev–Trinajstić information content (AvgIpc) is 2.85. The Morgan fingerprint density at radius 3 is 2.53 bits per heavy atom. The molecule has 3 N–H and O–H groups in total. The molecule has 2 amide bonds. The minimum atomic E-state index is -0.835. The lowest BCUT2D eigenvalue weighted by atomic mass is 9.92. The maximum atomic E-state index is 11.8. The summed E-state index contributed by atoms with van der Waals surface area (Å²) < 4.78 is 0. The molecule has 0 aliphatic heterocycles. The first-order chi connectivity index (χ1) is 8.85. The molecule has 5 nitrogen and oxygen atoms in total. The van der Waals surface area contributed by atoms with Gasteiger partial charge in [0.1, 0.15) is 0 Å². The highest BCUT2D eigenvalue weighted by Gasteiger charge is 2.32. The molecular formula is C14H22N2O3. The molecule has 0 bridgehead atoms. The number of urea groups is 1. The van der Waals surface area contributed by atoms with Gasteiger partial charge < -0.3 is 15.7 Å². The standard InChI is InChI=1S/C14H22N2O3/c1-14(2)6-5-11(8-14)16-13(19)15-10-4-3-9(7-10)12(17)18/h3-4,9-11H,5-8H2,1-2H3,(H,17,18)(H2,15,16,19). The monoisotopic (exact) mass is 266 g/mol. The Balaban J connectivity index is 1.74. The summed E-state index contributed by atoms with van der Waals surface area (Å²) >= 11 is 0. The van der Waals surface area contributed by atoms with E-state index in [4.69, 9.17) is 5.11 Å². The predicted molar refractivity (Wildman–Crippen MR) is 71.8 cm³/mol. The first-order valence-electron chi connectivity index (χ1n) is 6.84. The quantitative estimate of drug-likeness (QED) is 0.683. The van der Waals surface area contributed by atoms with Gasteiger partial charge in [-0.05, 0) is 31.1 Å². The molecule has 19 heavy (non-hydrogen) atoms. The molecule has 3 unspecified atom stereocenters. The number of hydrogen-bond acceptors (Lipinski definition) is 2. The zero-order valence-corrected chi connectivity index (χ0v) is 11.5. The first-order valence-corrected chi connectivity index (χ1v) is 6.84. The Labute approximate surface area is 113 Å². The summed E-state index contributed by atoms with van der Waals surface area (Å²) in [7, 11) is 0. The number of nitrogens with one attached hydrogen (secondary N) is 2. The second-order valence-corrected chi connectivity index (χ2v) is 6.39. The number of carbonyl (C=O) groups excluding carboxylic acids is 1. The number of hydrogen-bond donors (Lipinski definition) is 3. The lowest BCUT2D eigenvalue weighted by Gasteiger charge is -2.19. The van der Waals surface area contributed by atoms with E-state index in [-0.39, 0.29) is 18.1 Å². The van der Waals surface area contributed by atoms with E-state index in [1.807, 2.05) is 0 Å². The van der Waals surface area contributed by atoms with Crippen LogP contribution in [0.15, 0.2) is 12.2 Å². The van der Waals surface area contributed by atoms with Crippen LogP contribution < -0.4 is 10.6 Å². The maximum Gasteiger partial charge on any atom is 0.315 e. The third-order valence-corrected chi connectivity index (χ3v) is 4.02. The van der Waals surface area contributed by atoms with Crippen LogP contribution >= 0.6 is 0 Å². The Bertz CT molecular complexity index is 403. The van der Waals surface area contributed by atoms with Crippen LogP contribution in [0.2, 0.25) is 0 Å². The van der Waals surface area contributed by atoms with Crippen molar-refractivity contribution in [3.63, 3.8) is 0 Å². The van der Waals surface area contributed by atoms with Gasteiger partial charge in [0.25, 0.3) is 0 Å². The summed E-state index contributed by atoms with van der Waals surface area (Å²) in [5.41, 5.74) is 0.305. The van der Waals surface area contributed by atoms with Gasteiger partial charge in [-0.15, -0.1) is 0 Å². The summed E-state index contributed by atoms with van der Waals surface area (Å²) in [5.74, 6) is -1.31. The predicted octanol–water partition coefficient (Wildman–Crippen LogP) is 1.89. The molecule has 0 aromatic heterocycles. The van der Waals surface area contributed by atoms with Gasteiger partial charge in [0, 0.05) is 6.04 Å². The van der Waals surface area contributed by atoms with Crippen molar-refractivity contribution in [2.24, 2.45) is 11.3 Å². The molecule has 106 valence electrons.